The summed E-state index contributed by atoms with van der Waals surface area (Å²) < 4.78 is 63.9. The number of aliphatic imine (C=N–C) groups is 2. The summed E-state index contributed by atoms with van der Waals surface area (Å²) in [6.07, 6.45) is -8.21. The first-order chi connectivity index (χ1) is 22.0. The second kappa shape index (κ2) is 9.94. The maximum Gasteiger partial charge on any atom is 0.188 e. The molecule has 0 N–H and O–H groups in total. The zero-order chi connectivity index (χ0) is 31.9. The fraction of sp³-hybridized carbons (Fsp3) is 0.419. The minimum Gasteiger partial charge on any atom is -0.340 e. The first-order valence-corrected chi connectivity index (χ1v) is 18.0. The number of carbonyl (C=O) groups excluding carboxylic acids is 4. The molecule has 236 valence electrons. The number of alkyl halides is 4. The second-order valence-electron chi connectivity index (χ2n) is 12.5. The molecule has 46 heavy (non-hydrogen) atoms. The van der Waals surface area contributed by atoms with Crippen molar-refractivity contribution in [1.82, 2.24) is 4.57 Å². The van der Waals surface area contributed by atoms with Crippen LogP contribution in [0.3, 0.4) is 0 Å². The van der Waals surface area contributed by atoms with Gasteiger partial charge in [-0.25, -0.2) is 27.5 Å². The fourth-order valence-electron chi connectivity index (χ4n) is 7.63. The summed E-state index contributed by atoms with van der Waals surface area (Å²) in [5.41, 5.74) is 1.48. The molecule has 8 unspecified atom stereocenters. The number of aromatic nitrogens is 1. The Morgan fingerprint density at radius 3 is 1.22 bits per heavy atom. The lowest BCUT2D eigenvalue weighted by Crippen LogP contribution is -2.35. The first kappa shape index (κ1) is 29.0. The number of rotatable bonds is 2. The van der Waals surface area contributed by atoms with Crippen molar-refractivity contribution in [2.24, 2.45) is 40.7 Å². The molecular formula is C31H21F4N3O4S4. The monoisotopic (exact) mass is 703 g/mol. The van der Waals surface area contributed by atoms with Gasteiger partial charge in [0.1, 0.15) is 34.7 Å². The third-order valence-electron chi connectivity index (χ3n) is 9.93. The van der Waals surface area contributed by atoms with E-state index in [0.29, 0.717) is 10.0 Å². The summed E-state index contributed by atoms with van der Waals surface area (Å²) in [5, 5.41) is 0.946. The van der Waals surface area contributed by atoms with Crippen LogP contribution >= 0.6 is 45.3 Å². The van der Waals surface area contributed by atoms with E-state index in [9.17, 15) is 36.7 Å². The van der Waals surface area contributed by atoms with Gasteiger partial charge in [-0.15, -0.1) is 45.3 Å². The molecule has 0 radical (unpaired) electrons. The average molecular weight is 704 g/mol. The number of ketones is 4. The molecule has 4 fully saturated rings. The molecule has 8 atom stereocenters. The van der Waals surface area contributed by atoms with E-state index in [1.165, 1.54) is 22.7 Å². The quantitative estimate of drug-likeness (QED) is 0.176. The Morgan fingerprint density at radius 1 is 0.565 bits per heavy atom. The van der Waals surface area contributed by atoms with E-state index >= 15 is 0 Å². The molecule has 0 aromatic carbocycles. The van der Waals surface area contributed by atoms with Crippen LogP contribution in [-0.2, 0) is 26.2 Å². The fourth-order valence-corrected chi connectivity index (χ4v) is 12.9. The molecular weight excluding hydrogens is 683 g/mol. The van der Waals surface area contributed by atoms with Gasteiger partial charge >= 0.3 is 0 Å². The van der Waals surface area contributed by atoms with Crippen LogP contribution in [0.2, 0.25) is 0 Å². The van der Waals surface area contributed by atoms with Gasteiger partial charge in [-0.3, -0.25) is 19.2 Å². The molecule has 0 saturated heterocycles. The average Bonchev–Trinajstić information content (AvgIpc) is 3.85. The molecule has 0 spiro atoms. The van der Waals surface area contributed by atoms with Crippen molar-refractivity contribution in [3.8, 4) is 0 Å². The maximum absolute atomic E-state index is 14.0. The predicted molar refractivity (Wildman–Crippen MR) is 173 cm³/mol. The van der Waals surface area contributed by atoms with Crippen LogP contribution in [0.25, 0.3) is 39.2 Å². The summed E-state index contributed by atoms with van der Waals surface area (Å²) in [4.78, 5) is 60.7. The Bertz CT molecular complexity index is 2070. The lowest BCUT2D eigenvalue weighted by molar-refractivity contribution is -0.123. The number of fused-ring (bicyclic) bond motifs is 9. The molecule has 5 aromatic rings. The van der Waals surface area contributed by atoms with Crippen LogP contribution in [0.1, 0.15) is 25.7 Å². The Morgan fingerprint density at radius 2 is 0.891 bits per heavy atom. The number of nitrogens with zero attached hydrogens (tertiary/aromatic N) is 3. The lowest BCUT2D eigenvalue weighted by atomic mass is 9.79. The molecule has 7 nitrogen and oxygen atoms in total. The molecule has 15 heteroatoms. The summed E-state index contributed by atoms with van der Waals surface area (Å²) >= 11 is 5.81. The summed E-state index contributed by atoms with van der Waals surface area (Å²) in [7, 11) is 1.94. The van der Waals surface area contributed by atoms with Crippen molar-refractivity contribution in [2.75, 3.05) is 0 Å². The van der Waals surface area contributed by atoms with Crippen LogP contribution in [0.5, 0.6) is 0 Å². The van der Waals surface area contributed by atoms with Gasteiger partial charge in [0.15, 0.2) is 34.6 Å². The van der Waals surface area contributed by atoms with Crippen molar-refractivity contribution < 1.29 is 36.7 Å². The highest BCUT2D eigenvalue weighted by molar-refractivity contribution is 7.39. The largest absolute Gasteiger partial charge is 0.340 e. The molecule has 9 rings (SSSR count). The van der Waals surface area contributed by atoms with E-state index in [1.54, 1.807) is 22.7 Å². The molecule has 0 amide bonds. The molecule has 4 saturated carbocycles. The molecule has 4 aliphatic rings. The third-order valence-corrected chi connectivity index (χ3v) is 14.7. The SMILES string of the molecule is Cn1c2c3sc(N=C4C(=O)C5CC(F)C(F)CC5C4=O)cc3sc2c2sc3cc(N=C4C(=O)C5CC(F)C(F)CC5C4=O)sc3c21. The third kappa shape index (κ3) is 3.91. The molecule has 5 heterocycles. The van der Waals surface area contributed by atoms with Gasteiger partial charge in [-0.2, -0.15) is 0 Å². The first-order valence-electron chi connectivity index (χ1n) is 14.8. The highest BCUT2D eigenvalue weighted by Crippen LogP contribution is 2.52. The Hall–Kier alpha value is -3.14. The molecule has 0 aliphatic heterocycles. The van der Waals surface area contributed by atoms with E-state index in [2.05, 4.69) is 14.6 Å². The van der Waals surface area contributed by atoms with Gasteiger partial charge in [0.25, 0.3) is 0 Å². The van der Waals surface area contributed by atoms with Gasteiger partial charge in [0.2, 0.25) is 0 Å². The minimum atomic E-state index is -1.75. The highest BCUT2D eigenvalue weighted by Gasteiger charge is 2.54. The van der Waals surface area contributed by atoms with Crippen molar-refractivity contribution in [3.05, 3.63) is 12.1 Å². The summed E-state index contributed by atoms with van der Waals surface area (Å²) in [6, 6.07) is 3.66. The van der Waals surface area contributed by atoms with Crippen LogP contribution in [0, 0.1) is 23.7 Å². The summed E-state index contributed by atoms with van der Waals surface area (Å²) in [6.45, 7) is 0. The number of hydrogen-bond donors (Lipinski definition) is 0. The second-order valence-corrected chi connectivity index (χ2v) is 16.7. The number of halogens is 4. The Labute approximate surface area is 272 Å². The van der Waals surface area contributed by atoms with E-state index in [-0.39, 0.29) is 37.1 Å². The highest BCUT2D eigenvalue weighted by atomic mass is 32.1. The summed E-state index contributed by atoms with van der Waals surface area (Å²) in [5.74, 6) is -5.48. The topological polar surface area (TPSA) is 97.9 Å². The Kier molecular flexibility index (Phi) is 6.27. The van der Waals surface area contributed by atoms with E-state index in [4.69, 9.17) is 0 Å². The molecule has 5 aromatic heterocycles. The lowest BCUT2D eigenvalue weighted by Gasteiger charge is -2.27. The van der Waals surface area contributed by atoms with E-state index in [1.807, 2.05) is 19.2 Å². The number of Topliss-reactive ketones (excluding diaryl/α,β-unsaturated/α-hetero) is 4. The predicted octanol–water partition coefficient (Wildman–Crippen LogP) is 7.74. The van der Waals surface area contributed by atoms with Crippen molar-refractivity contribution in [3.63, 3.8) is 0 Å². The number of hydrogen-bond acceptors (Lipinski definition) is 10. The number of aryl methyl sites for hydroxylation is 1. The van der Waals surface area contributed by atoms with Gasteiger partial charge in [-0.05, 0) is 37.8 Å². The van der Waals surface area contributed by atoms with Gasteiger partial charge < -0.3 is 4.57 Å². The van der Waals surface area contributed by atoms with Crippen LogP contribution in [-0.4, -0.2) is 63.8 Å². The number of thiophene rings is 4. The van der Waals surface area contributed by atoms with Gasteiger partial charge in [0.05, 0.1) is 39.2 Å². The van der Waals surface area contributed by atoms with Gasteiger partial charge in [-0.1, -0.05) is 0 Å². The Balaban J connectivity index is 1.07. The van der Waals surface area contributed by atoms with E-state index < -0.39 is 71.5 Å². The van der Waals surface area contributed by atoms with Crippen LogP contribution in [0.4, 0.5) is 27.6 Å². The smallest absolute Gasteiger partial charge is 0.188 e. The van der Waals surface area contributed by atoms with Crippen molar-refractivity contribution in [1.29, 1.82) is 0 Å². The molecule has 0 bridgehead atoms. The zero-order valence-electron chi connectivity index (χ0n) is 23.7. The van der Waals surface area contributed by atoms with Crippen molar-refractivity contribution >= 4 is 129 Å². The van der Waals surface area contributed by atoms with Crippen LogP contribution in [0.15, 0.2) is 22.1 Å². The van der Waals surface area contributed by atoms with Crippen molar-refractivity contribution in [2.45, 2.75) is 50.4 Å². The standard InChI is InChI=1S/C31H21F4N3O4S4/c1-38-22-28-16(6-18(45-28)36-20-24(39)8-2-12(32)13(33)3-9(8)25(20)40)43-30(22)31-23(38)29-17(44-31)7-19(46-29)37-21-26(41)10-4-14(34)15(35)5-11(10)27(21)42/h6-15H,2-5H2,1H3. The van der Waals surface area contributed by atoms with Crippen LogP contribution < -0.4 is 0 Å². The minimum absolute atomic E-state index is 0.226. The normalized spacial score (nSPS) is 31.8. The van der Waals surface area contributed by atoms with Gasteiger partial charge in [0, 0.05) is 30.7 Å². The zero-order valence-corrected chi connectivity index (χ0v) is 27.0. The van der Waals surface area contributed by atoms with E-state index in [0.717, 1.165) is 39.2 Å². The molecule has 4 aliphatic carbocycles. The maximum atomic E-state index is 14.0. The number of carbonyl (C=O) groups is 4.